The molecule has 0 atom stereocenters. The zero-order chi connectivity index (χ0) is 25.8. The number of aliphatic hydroxyl groups excluding tert-OH is 2. The lowest BCUT2D eigenvalue weighted by molar-refractivity contribution is 0.282. The number of hydrogen-bond donors (Lipinski definition) is 2. The number of methoxy groups -OCH3 is 2. The molecule has 0 aliphatic rings. The molecule has 2 aromatic carbocycles. The molecule has 2 N–H and O–H groups in total. The zero-order valence-electron chi connectivity index (χ0n) is 22.9. The number of aryl methyl sites for hydroxylation is 4. The maximum Gasteiger partial charge on any atom is 0.122 e. The van der Waals surface area contributed by atoms with Crippen LogP contribution in [0.25, 0.3) is 0 Å². The molecule has 36 heavy (non-hydrogen) atoms. The second kappa shape index (κ2) is 19.1. The largest absolute Gasteiger partial charge is 0.496 e. The number of ether oxygens (including phenoxy) is 2. The normalized spacial score (nSPS) is 11.1. The molecule has 0 aliphatic heterocycles. The standard InChI is InChI=1S/C32H50O4/c1-35-31-21-19-27(15-9-5-7-13-23-33)25-29(31)17-11-3-4-12-18-30-26-28(20-22-32(30)36-2)16-10-6-8-14-24-34/h19-22,25-26,33-34H,3-18,23-24H2,1-2H3. The van der Waals surface area contributed by atoms with Crippen LogP contribution in [0, 0.1) is 0 Å². The molecular formula is C32H50O4. The van der Waals surface area contributed by atoms with Gasteiger partial charge in [-0.1, -0.05) is 62.8 Å². The molecule has 0 amide bonds. The Morgan fingerprint density at radius 3 is 1.19 bits per heavy atom. The highest BCUT2D eigenvalue weighted by Crippen LogP contribution is 2.25. The Bertz CT molecular complexity index is 763. The predicted octanol–water partition coefficient (Wildman–Crippen LogP) is 7.24. The molecule has 0 aliphatic carbocycles. The Morgan fingerprint density at radius 2 is 0.833 bits per heavy atom. The maximum absolute atomic E-state index is 8.93. The van der Waals surface area contributed by atoms with Gasteiger partial charge < -0.3 is 19.7 Å². The number of benzene rings is 2. The molecular weight excluding hydrogens is 448 g/mol. The number of aliphatic hydroxyl groups is 2. The Balaban J connectivity index is 1.74. The molecule has 0 unspecified atom stereocenters. The minimum Gasteiger partial charge on any atom is -0.496 e. The van der Waals surface area contributed by atoms with Crippen molar-refractivity contribution in [1.29, 1.82) is 0 Å². The van der Waals surface area contributed by atoms with Crippen molar-refractivity contribution in [3.05, 3.63) is 58.7 Å². The van der Waals surface area contributed by atoms with Gasteiger partial charge in [-0.15, -0.1) is 0 Å². The summed E-state index contributed by atoms with van der Waals surface area (Å²) in [5, 5.41) is 17.9. The van der Waals surface area contributed by atoms with E-state index in [2.05, 4.69) is 36.4 Å². The monoisotopic (exact) mass is 498 g/mol. The molecule has 0 spiro atoms. The van der Waals surface area contributed by atoms with E-state index in [9.17, 15) is 0 Å². The van der Waals surface area contributed by atoms with Crippen LogP contribution in [0.4, 0.5) is 0 Å². The van der Waals surface area contributed by atoms with Crippen LogP contribution in [0.2, 0.25) is 0 Å². The van der Waals surface area contributed by atoms with Crippen molar-refractivity contribution in [2.75, 3.05) is 27.4 Å². The summed E-state index contributed by atoms with van der Waals surface area (Å²) in [5.41, 5.74) is 5.46. The molecule has 0 fully saturated rings. The summed E-state index contributed by atoms with van der Waals surface area (Å²) in [6, 6.07) is 13.3. The molecule has 4 heteroatoms. The van der Waals surface area contributed by atoms with Gasteiger partial charge >= 0.3 is 0 Å². The third kappa shape index (κ3) is 11.8. The first-order valence-electron chi connectivity index (χ1n) is 14.2. The van der Waals surface area contributed by atoms with E-state index in [1.54, 1.807) is 14.2 Å². The molecule has 0 saturated carbocycles. The molecule has 0 saturated heterocycles. The topological polar surface area (TPSA) is 58.9 Å². The summed E-state index contributed by atoms with van der Waals surface area (Å²) in [7, 11) is 3.54. The highest BCUT2D eigenvalue weighted by molar-refractivity contribution is 5.38. The third-order valence-electron chi connectivity index (χ3n) is 7.08. The zero-order valence-corrected chi connectivity index (χ0v) is 22.9. The number of unbranched alkanes of at least 4 members (excludes halogenated alkanes) is 9. The van der Waals surface area contributed by atoms with E-state index < -0.39 is 0 Å². The fraction of sp³-hybridized carbons (Fsp3) is 0.625. The van der Waals surface area contributed by atoms with Gasteiger partial charge in [-0.3, -0.25) is 0 Å². The molecule has 2 rings (SSSR count). The van der Waals surface area contributed by atoms with Gasteiger partial charge in [-0.25, -0.2) is 0 Å². The SMILES string of the molecule is COc1ccc(CCCCCCO)cc1CCCCCCc1cc(CCCCCCO)ccc1OC. The van der Waals surface area contributed by atoms with E-state index in [1.165, 1.54) is 73.6 Å². The molecule has 202 valence electrons. The second-order valence-corrected chi connectivity index (χ2v) is 9.98. The molecule has 0 aromatic heterocycles. The van der Waals surface area contributed by atoms with Crippen molar-refractivity contribution in [2.24, 2.45) is 0 Å². The van der Waals surface area contributed by atoms with Crippen molar-refractivity contribution in [2.45, 2.75) is 103 Å². The van der Waals surface area contributed by atoms with Gasteiger partial charge in [0.1, 0.15) is 11.5 Å². The molecule has 0 heterocycles. The van der Waals surface area contributed by atoms with Crippen LogP contribution in [0.5, 0.6) is 11.5 Å². The first-order chi connectivity index (χ1) is 17.7. The predicted molar refractivity (Wildman–Crippen MR) is 150 cm³/mol. The fourth-order valence-electron chi connectivity index (χ4n) is 4.94. The van der Waals surface area contributed by atoms with Gasteiger partial charge in [-0.05, 0) is 98.6 Å². The highest BCUT2D eigenvalue weighted by Gasteiger charge is 2.07. The Hall–Kier alpha value is -2.04. The fourth-order valence-corrected chi connectivity index (χ4v) is 4.94. The maximum atomic E-state index is 8.93. The molecule has 2 aromatic rings. The van der Waals surface area contributed by atoms with Gasteiger partial charge in [0.15, 0.2) is 0 Å². The van der Waals surface area contributed by atoms with E-state index in [-0.39, 0.29) is 0 Å². The van der Waals surface area contributed by atoms with Gasteiger partial charge in [0.25, 0.3) is 0 Å². The van der Waals surface area contributed by atoms with E-state index in [1.807, 2.05) is 0 Å². The quantitative estimate of drug-likeness (QED) is 0.178. The van der Waals surface area contributed by atoms with Crippen LogP contribution in [-0.2, 0) is 25.7 Å². The summed E-state index contributed by atoms with van der Waals surface area (Å²) < 4.78 is 11.3. The molecule has 0 radical (unpaired) electrons. The number of rotatable bonds is 21. The first kappa shape index (κ1) is 30.2. The van der Waals surface area contributed by atoms with Gasteiger partial charge in [0.2, 0.25) is 0 Å². The average molecular weight is 499 g/mol. The lowest BCUT2D eigenvalue weighted by atomic mass is 9.98. The van der Waals surface area contributed by atoms with Gasteiger partial charge in [0, 0.05) is 13.2 Å². The Morgan fingerprint density at radius 1 is 0.472 bits per heavy atom. The lowest BCUT2D eigenvalue weighted by Gasteiger charge is -2.12. The summed E-state index contributed by atoms with van der Waals surface area (Å²) in [6.07, 6.45) is 17.9. The van der Waals surface area contributed by atoms with Crippen LogP contribution >= 0.6 is 0 Å². The molecule has 4 nitrogen and oxygen atoms in total. The first-order valence-corrected chi connectivity index (χ1v) is 14.2. The van der Waals surface area contributed by atoms with Gasteiger partial charge in [0.05, 0.1) is 14.2 Å². The van der Waals surface area contributed by atoms with Crippen LogP contribution in [0.1, 0.15) is 99.3 Å². The van der Waals surface area contributed by atoms with E-state index in [4.69, 9.17) is 19.7 Å². The number of hydrogen-bond acceptors (Lipinski definition) is 4. The van der Waals surface area contributed by atoms with Crippen LogP contribution in [0.15, 0.2) is 36.4 Å². The smallest absolute Gasteiger partial charge is 0.122 e. The van der Waals surface area contributed by atoms with Crippen molar-refractivity contribution in [3.63, 3.8) is 0 Å². The minimum atomic E-state index is 0.305. The van der Waals surface area contributed by atoms with Crippen molar-refractivity contribution < 1.29 is 19.7 Å². The van der Waals surface area contributed by atoms with Gasteiger partial charge in [-0.2, -0.15) is 0 Å². The van der Waals surface area contributed by atoms with Crippen LogP contribution in [-0.4, -0.2) is 37.6 Å². The third-order valence-corrected chi connectivity index (χ3v) is 7.08. The van der Waals surface area contributed by atoms with E-state index in [0.29, 0.717) is 13.2 Å². The Kier molecular flexibility index (Phi) is 16.0. The van der Waals surface area contributed by atoms with Crippen molar-refractivity contribution in [1.82, 2.24) is 0 Å². The summed E-state index contributed by atoms with van der Waals surface area (Å²) in [6.45, 7) is 0.610. The second-order valence-electron chi connectivity index (χ2n) is 9.98. The minimum absolute atomic E-state index is 0.305. The van der Waals surface area contributed by atoms with Crippen LogP contribution < -0.4 is 9.47 Å². The lowest BCUT2D eigenvalue weighted by Crippen LogP contribution is -1.97. The average Bonchev–Trinajstić information content (AvgIpc) is 2.90. The van der Waals surface area contributed by atoms with Crippen molar-refractivity contribution in [3.8, 4) is 11.5 Å². The molecule has 0 bridgehead atoms. The van der Waals surface area contributed by atoms with Crippen LogP contribution in [0.3, 0.4) is 0 Å². The van der Waals surface area contributed by atoms with E-state index >= 15 is 0 Å². The van der Waals surface area contributed by atoms with E-state index in [0.717, 1.165) is 62.9 Å². The Labute approximate surface area is 220 Å². The summed E-state index contributed by atoms with van der Waals surface area (Å²) in [4.78, 5) is 0. The highest BCUT2D eigenvalue weighted by atomic mass is 16.5. The summed E-state index contributed by atoms with van der Waals surface area (Å²) in [5.74, 6) is 2.02. The summed E-state index contributed by atoms with van der Waals surface area (Å²) >= 11 is 0. The van der Waals surface area contributed by atoms with Crippen molar-refractivity contribution >= 4 is 0 Å².